The Labute approximate surface area is 189 Å². The summed E-state index contributed by atoms with van der Waals surface area (Å²) in [6, 6.07) is 7.44. The highest BCUT2D eigenvalue weighted by atomic mass is 14.4. The van der Waals surface area contributed by atoms with Gasteiger partial charge in [-0.3, -0.25) is 0 Å². The molecule has 0 fully saturated rings. The molecule has 0 atom stereocenters. The lowest BCUT2D eigenvalue weighted by Gasteiger charge is -2.39. The van der Waals surface area contributed by atoms with Gasteiger partial charge >= 0.3 is 0 Å². The number of hydrogen-bond acceptors (Lipinski definition) is 0. The van der Waals surface area contributed by atoms with Gasteiger partial charge in [0.1, 0.15) is 0 Å². The number of benzene rings is 1. The zero-order valence-electron chi connectivity index (χ0n) is 22.1. The average molecular weight is 411 g/mol. The van der Waals surface area contributed by atoms with Gasteiger partial charge in [-0.05, 0) is 69.4 Å². The molecule has 0 heteroatoms. The first kappa shape index (κ1) is 26.7. The van der Waals surface area contributed by atoms with Crippen LogP contribution < -0.4 is 0 Å². The minimum absolute atomic E-state index is 0.106. The molecular formula is C30H50. The lowest BCUT2D eigenvalue weighted by Crippen LogP contribution is -2.30. The molecule has 1 rings (SSSR count). The first-order valence-electron chi connectivity index (χ1n) is 11.7. The van der Waals surface area contributed by atoms with E-state index in [1.807, 2.05) is 0 Å². The van der Waals surface area contributed by atoms with Gasteiger partial charge in [0, 0.05) is 0 Å². The molecule has 0 aliphatic rings. The normalized spacial score (nSPS) is 14.0. The summed E-state index contributed by atoms with van der Waals surface area (Å²) in [4.78, 5) is 0. The molecule has 30 heavy (non-hydrogen) atoms. The summed E-state index contributed by atoms with van der Waals surface area (Å²) >= 11 is 0. The first-order valence-corrected chi connectivity index (χ1v) is 11.7. The van der Waals surface area contributed by atoms with E-state index in [2.05, 4.69) is 120 Å². The van der Waals surface area contributed by atoms with Crippen molar-refractivity contribution in [2.75, 3.05) is 0 Å². The van der Waals surface area contributed by atoms with Crippen LogP contribution in [0.3, 0.4) is 0 Å². The van der Waals surface area contributed by atoms with Crippen LogP contribution in [-0.2, 0) is 16.2 Å². The van der Waals surface area contributed by atoms with Crippen molar-refractivity contribution in [3.63, 3.8) is 0 Å². The van der Waals surface area contributed by atoms with Gasteiger partial charge in [0.15, 0.2) is 0 Å². The molecule has 0 saturated heterocycles. The van der Waals surface area contributed by atoms with E-state index in [9.17, 15) is 0 Å². The second kappa shape index (κ2) is 9.05. The van der Waals surface area contributed by atoms with Crippen molar-refractivity contribution < 1.29 is 0 Å². The minimum atomic E-state index is 0.106. The van der Waals surface area contributed by atoms with Gasteiger partial charge in [0.05, 0.1) is 0 Å². The highest BCUT2D eigenvalue weighted by Crippen LogP contribution is 2.44. The van der Waals surface area contributed by atoms with Gasteiger partial charge in [-0.25, -0.2) is 0 Å². The molecule has 0 aliphatic carbocycles. The molecule has 0 unspecified atom stereocenters. The summed E-state index contributed by atoms with van der Waals surface area (Å²) < 4.78 is 0. The van der Waals surface area contributed by atoms with Crippen LogP contribution >= 0.6 is 0 Å². The number of allylic oxidation sites excluding steroid dienone is 2. The van der Waals surface area contributed by atoms with Gasteiger partial charge in [-0.15, -0.1) is 13.2 Å². The fourth-order valence-corrected chi connectivity index (χ4v) is 5.36. The van der Waals surface area contributed by atoms with Crippen LogP contribution in [0.15, 0.2) is 43.5 Å². The molecule has 170 valence electrons. The molecule has 1 aromatic carbocycles. The van der Waals surface area contributed by atoms with E-state index in [0.29, 0.717) is 0 Å². The van der Waals surface area contributed by atoms with Gasteiger partial charge in [-0.1, -0.05) is 107 Å². The van der Waals surface area contributed by atoms with Gasteiger partial charge in [0.25, 0.3) is 0 Å². The molecule has 0 aliphatic heterocycles. The maximum absolute atomic E-state index is 3.98. The molecule has 0 N–H and O–H groups in total. The summed E-state index contributed by atoms with van der Waals surface area (Å²) in [5.74, 6) is 0. The largest absolute Gasteiger partial charge is 0.103 e. The summed E-state index contributed by atoms with van der Waals surface area (Å²) in [7, 11) is 0. The van der Waals surface area contributed by atoms with E-state index in [0.717, 1.165) is 25.7 Å². The van der Waals surface area contributed by atoms with Crippen molar-refractivity contribution in [3.8, 4) is 0 Å². The number of rotatable bonds is 10. The van der Waals surface area contributed by atoms with Gasteiger partial charge in [0.2, 0.25) is 0 Å². The number of hydrogen-bond donors (Lipinski definition) is 0. The maximum Gasteiger partial charge on any atom is -0.00982 e. The molecule has 0 bridgehead atoms. The third-order valence-corrected chi connectivity index (χ3v) is 6.60. The summed E-state index contributed by atoms with van der Waals surface area (Å²) in [6.45, 7) is 34.1. The van der Waals surface area contributed by atoms with Crippen LogP contribution in [0.5, 0.6) is 0 Å². The highest BCUT2D eigenvalue weighted by molar-refractivity contribution is 5.41. The van der Waals surface area contributed by atoms with E-state index in [-0.39, 0.29) is 27.1 Å². The Bertz CT molecular complexity index is 678. The molecule has 0 heterocycles. The molecule has 0 spiro atoms. The predicted molar refractivity (Wildman–Crippen MR) is 138 cm³/mol. The Morgan fingerprint density at radius 1 is 0.567 bits per heavy atom. The summed E-state index contributed by atoms with van der Waals surface area (Å²) in [5, 5.41) is 0. The Kier molecular flexibility index (Phi) is 8.07. The minimum Gasteiger partial charge on any atom is -0.103 e. The molecule has 0 aromatic heterocycles. The lowest BCUT2D eigenvalue weighted by atomic mass is 9.66. The van der Waals surface area contributed by atoms with Crippen LogP contribution in [0.4, 0.5) is 0 Å². The SMILES string of the molecule is C=CCC(C)(C)CC(C)(C)c1cc(C(C)(C)C)cc(C(C)(C)CC(C)(C)CC=C)c1. The smallest absolute Gasteiger partial charge is 0.00982 e. The Balaban J connectivity index is 3.53. The monoisotopic (exact) mass is 410 g/mol. The predicted octanol–water partition coefficient (Wildman–Crippen LogP) is 9.52. The van der Waals surface area contributed by atoms with E-state index in [4.69, 9.17) is 0 Å². The molecule has 0 nitrogen and oxygen atoms in total. The molecule has 0 saturated carbocycles. The van der Waals surface area contributed by atoms with E-state index in [1.54, 1.807) is 0 Å². The second-order valence-corrected chi connectivity index (χ2v) is 13.5. The zero-order chi connectivity index (χ0) is 23.6. The first-order chi connectivity index (χ1) is 13.4. The van der Waals surface area contributed by atoms with E-state index < -0.39 is 0 Å². The Morgan fingerprint density at radius 3 is 1.13 bits per heavy atom. The van der Waals surface area contributed by atoms with Crippen molar-refractivity contribution in [2.45, 2.75) is 118 Å². The van der Waals surface area contributed by atoms with Crippen LogP contribution in [0.2, 0.25) is 0 Å². The fourth-order valence-electron chi connectivity index (χ4n) is 5.36. The average Bonchev–Trinajstić information content (AvgIpc) is 2.51. The van der Waals surface area contributed by atoms with Gasteiger partial charge < -0.3 is 0 Å². The maximum atomic E-state index is 3.98. The van der Waals surface area contributed by atoms with Crippen LogP contribution in [0, 0.1) is 10.8 Å². The Morgan fingerprint density at radius 2 is 0.867 bits per heavy atom. The lowest BCUT2D eigenvalue weighted by molar-refractivity contribution is 0.255. The van der Waals surface area contributed by atoms with Crippen molar-refractivity contribution in [2.24, 2.45) is 10.8 Å². The second-order valence-electron chi connectivity index (χ2n) is 13.5. The zero-order valence-corrected chi connectivity index (χ0v) is 22.1. The molecule has 0 amide bonds. The van der Waals surface area contributed by atoms with Gasteiger partial charge in [-0.2, -0.15) is 0 Å². The van der Waals surface area contributed by atoms with E-state index in [1.165, 1.54) is 16.7 Å². The highest BCUT2D eigenvalue weighted by Gasteiger charge is 2.34. The Hall–Kier alpha value is -1.30. The van der Waals surface area contributed by atoms with Crippen LogP contribution in [0.25, 0.3) is 0 Å². The van der Waals surface area contributed by atoms with Crippen molar-refractivity contribution in [3.05, 3.63) is 60.2 Å². The van der Waals surface area contributed by atoms with Crippen molar-refractivity contribution in [1.82, 2.24) is 0 Å². The van der Waals surface area contributed by atoms with Crippen molar-refractivity contribution in [1.29, 1.82) is 0 Å². The summed E-state index contributed by atoms with van der Waals surface area (Å²) in [6.07, 6.45) is 8.51. The van der Waals surface area contributed by atoms with E-state index >= 15 is 0 Å². The standard InChI is InChI=1S/C30H50/c1-14-16-27(6,7)21-29(10,11)24-18-23(26(3,4)5)19-25(20-24)30(12,13)22-28(8,9)17-15-2/h14-15,18-20H,1-2,16-17,21-22H2,3-13H3. The molecule has 0 radical (unpaired) electrons. The third-order valence-electron chi connectivity index (χ3n) is 6.60. The topological polar surface area (TPSA) is 0 Å². The quantitative estimate of drug-likeness (QED) is 0.337. The molecular weight excluding hydrogens is 360 g/mol. The fraction of sp³-hybridized carbons (Fsp3) is 0.667. The molecule has 1 aromatic rings. The van der Waals surface area contributed by atoms with Crippen LogP contribution in [-0.4, -0.2) is 0 Å². The third kappa shape index (κ3) is 7.44. The summed E-state index contributed by atoms with van der Waals surface area (Å²) in [5.41, 5.74) is 5.21. The van der Waals surface area contributed by atoms with Crippen LogP contribution in [0.1, 0.15) is 119 Å². The van der Waals surface area contributed by atoms with Crippen molar-refractivity contribution >= 4 is 0 Å².